The van der Waals surface area contributed by atoms with Crippen LogP contribution in [0.1, 0.15) is 42.6 Å². The third kappa shape index (κ3) is 5.11. The van der Waals surface area contributed by atoms with Gasteiger partial charge in [-0.25, -0.2) is 9.48 Å². The summed E-state index contributed by atoms with van der Waals surface area (Å²) in [6.07, 6.45) is 5.46. The fraction of sp³-hybridized carbons (Fsp3) is 0.357. The average Bonchev–Trinajstić information content (AvgIpc) is 3.62. The lowest BCUT2D eigenvalue weighted by Crippen LogP contribution is -2.53. The van der Waals surface area contributed by atoms with Gasteiger partial charge in [-0.3, -0.25) is 9.59 Å². The lowest BCUT2D eigenvalue weighted by atomic mass is 10.1. The lowest BCUT2D eigenvalue weighted by molar-refractivity contribution is -0.131. The van der Waals surface area contributed by atoms with Crippen molar-refractivity contribution in [3.63, 3.8) is 0 Å². The molecule has 3 heterocycles. The fourth-order valence-electron chi connectivity index (χ4n) is 5.10. The van der Waals surface area contributed by atoms with Gasteiger partial charge in [-0.1, -0.05) is 29.8 Å². The highest BCUT2D eigenvalue weighted by atomic mass is 35.5. The molecular weight excluding hydrogens is 504 g/mol. The molecule has 2 aliphatic rings. The highest BCUT2D eigenvalue weighted by molar-refractivity contribution is 6.34. The van der Waals surface area contributed by atoms with E-state index in [9.17, 15) is 14.4 Å². The molecule has 0 saturated carbocycles. The second-order valence-electron chi connectivity index (χ2n) is 9.84. The molecule has 4 amide bonds. The van der Waals surface area contributed by atoms with E-state index in [0.29, 0.717) is 17.1 Å². The van der Waals surface area contributed by atoms with Crippen molar-refractivity contribution in [1.29, 1.82) is 0 Å². The molecule has 2 atom stereocenters. The molecule has 9 nitrogen and oxygen atoms in total. The minimum Gasteiger partial charge on any atom is -0.341 e. The maximum Gasteiger partial charge on any atom is 0.318 e. The van der Waals surface area contributed by atoms with Crippen molar-refractivity contribution in [3.8, 4) is 5.69 Å². The van der Waals surface area contributed by atoms with Gasteiger partial charge >= 0.3 is 6.03 Å². The number of para-hydroxylation sites is 1. The molecule has 2 aliphatic heterocycles. The van der Waals surface area contributed by atoms with E-state index in [-0.39, 0.29) is 30.4 Å². The first-order valence-electron chi connectivity index (χ1n) is 12.9. The first kappa shape index (κ1) is 25.8. The van der Waals surface area contributed by atoms with Crippen LogP contribution in [0.5, 0.6) is 0 Å². The number of halogens is 1. The van der Waals surface area contributed by atoms with Gasteiger partial charge in [0.05, 0.1) is 16.3 Å². The summed E-state index contributed by atoms with van der Waals surface area (Å²) in [5.41, 5.74) is 2.69. The van der Waals surface area contributed by atoms with Gasteiger partial charge in [0.1, 0.15) is 6.04 Å². The zero-order valence-corrected chi connectivity index (χ0v) is 22.3. The van der Waals surface area contributed by atoms with Crippen LogP contribution in [0.4, 0.5) is 10.5 Å². The number of rotatable bonds is 4. The van der Waals surface area contributed by atoms with Gasteiger partial charge in [-0.15, -0.1) is 0 Å². The molecule has 2 aromatic carbocycles. The number of likely N-dealkylation sites (tertiary alicyclic amines) is 1. The van der Waals surface area contributed by atoms with Crippen LogP contribution >= 0.6 is 11.6 Å². The molecule has 3 aromatic rings. The number of hydrogen-bond donors (Lipinski definition) is 1. The molecule has 0 bridgehead atoms. The molecule has 1 unspecified atom stereocenters. The number of aromatic nitrogens is 2. The number of anilines is 1. The van der Waals surface area contributed by atoms with E-state index < -0.39 is 6.04 Å². The van der Waals surface area contributed by atoms with Crippen LogP contribution in [0.2, 0.25) is 5.02 Å². The number of hydrogen-bond acceptors (Lipinski definition) is 4. The Kier molecular flexibility index (Phi) is 7.37. The van der Waals surface area contributed by atoms with E-state index in [4.69, 9.17) is 11.6 Å². The molecule has 0 spiro atoms. The summed E-state index contributed by atoms with van der Waals surface area (Å²) in [6.45, 7) is 5.67. The summed E-state index contributed by atoms with van der Waals surface area (Å²) in [5, 5.41) is 7.42. The maximum atomic E-state index is 13.8. The molecule has 198 valence electrons. The summed E-state index contributed by atoms with van der Waals surface area (Å²) in [6, 6.07) is 13.3. The van der Waals surface area contributed by atoms with Crippen molar-refractivity contribution in [2.45, 2.75) is 45.3 Å². The Labute approximate surface area is 227 Å². The Morgan fingerprint density at radius 2 is 1.84 bits per heavy atom. The molecule has 10 heteroatoms. The number of carbonyl (C=O) groups is 3. The van der Waals surface area contributed by atoms with E-state index >= 15 is 0 Å². The lowest BCUT2D eigenvalue weighted by Gasteiger charge is -2.31. The second-order valence-corrected chi connectivity index (χ2v) is 10.2. The van der Waals surface area contributed by atoms with Crippen LogP contribution in [-0.4, -0.2) is 69.1 Å². The molecule has 1 aromatic heterocycles. The number of amides is 4. The zero-order valence-electron chi connectivity index (χ0n) is 21.5. The van der Waals surface area contributed by atoms with E-state index in [1.54, 1.807) is 56.9 Å². The van der Waals surface area contributed by atoms with Crippen LogP contribution in [0.25, 0.3) is 5.69 Å². The van der Waals surface area contributed by atoms with E-state index in [1.807, 2.05) is 37.3 Å². The smallest absolute Gasteiger partial charge is 0.318 e. The number of benzene rings is 2. The Morgan fingerprint density at radius 1 is 1.08 bits per heavy atom. The predicted molar refractivity (Wildman–Crippen MR) is 146 cm³/mol. The number of carbonyl (C=O) groups excluding carboxylic acids is 3. The molecule has 0 radical (unpaired) electrons. The normalized spacial score (nSPS) is 18.1. The quantitative estimate of drug-likeness (QED) is 0.545. The fourth-order valence-corrected chi connectivity index (χ4v) is 5.36. The first-order valence-corrected chi connectivity index (χ1v) is 13.3. The van der Waals surface area contributed by atoms with Gasteiger partial charge in [0.2, 0.25) is 5.91 Å². The standard InChI is InChI=1S/C28H31ClN6O3/c1-19-17-34(27(37)23-11-10-22(16-24(23)29)35-15-7-12-30-35)25-9-4-3-8-21(25)18-33(19)28(38)31-20(2)26(36)32-13-5-6-14-32/h3-4,7-12,15-16,19-20H,5-6,13-14,17-18H2,1-2H3,(H,31,38)/t19-,20?/m1/s1. The van der Waals surface area contributed by atoms with Crippen molar-refractivity contribution in [1.82, 2.24) is 24.9 Å². The van der Waals surface area contributed by atoms with Crippen molar-refractivity contribution < 1.29 is 14.4 Å². The predicted octanol–water partition coefficient (Wildman–Crippen LogP) is 4.10. The third-order valence-electron chi connectivity index (χ3n) is 7.19. The van der Waals surface area contributed by atoms with Crippen LogP contribution in [-0.2, 0) is 11.3 Å². The Balaban J connectivity index is 1.37. The number of nitrogens with zero attached hydrogens (tertiary/aromatic N) is 5. The number of nitrogens with one attached hydrogen (secondary N) is 1. The SMILES string of the molecule is CC(NC(=O)N1Cc2ccccc2N(C(=O)c2ccc(-n3cccn3)cc2Cl)C[C@H]1C)C(=O)N1CCCC1. The highest BCUT2D eigenvalue weighted by Crippen LogP contribution is 2.31. The van der Waals surface area contributed by atoms with Crippen molar-refractivity contribution in [3.05, 3.63) is 77.1 Å². The van der Waals surface area contributed by atoms with Crippen molar-refractivity contribution in [2.24, 2.45) is 0 Å². The van der Waals surface area contributed by atoms with Gasteiger partial charge in [0.25, 0.3) is 5.91 Å². The summed E-state index contributed by atoms with van der Waals surface area (Å²) in [4.78, 5) is 45.1. The average molecular weight is 535 g/mol. The Bertz CT molecular complexity index is 1340. The molecule has 1 N–H and O–H groups in total. The zero-order chi connectivity index (χ0) is 26.8. The van der Waals surface area contributed by atoms with Gasteiger partial charge in [-0.05, 0) is 62.6 Å². The van der Waals surface area contributed by atoms with Crippen LogP contribution in [0.3, 0.4) is 0 Å². The summed E-state index contributed by atoms with van der Waals surface area (Å²) in [7, 11) is 0. The van der Waals surface area contributed by atoms with Crippen molar-refractivity contribution >= 4 is 35.1 Å². The van der Waals surface area contributed by atoms with Gasteiger partial charge < -0.3 is 20.0 Å². The van der Waals surface area contributed by atoms with E-state index in [1.165, 1.54) is 0 Å². The minimum absolute atomic E-state index is 0.0660. The maximum absolute atomic E-state index is 13.8. The highest BCUT2D eigenvalue weighted by Gasteiger charge is 2.34. The summed E-state index contributed by atoms with van der Waals surface area (Å²) in [5.74, 6) is -0.315. The first-order chi connectivity index (χ1) is 18.3. The van der Waals surface area contributed by atoms with Crippen LogP contribution < -0.4 is 10.2 Å². The monoisotopic (exact) mass is 534 g/mol. The molecule has 38 heavy (non-hydrogen) atoms. The number of fused-ring (bicyclic) bond motifs is 1. The molecule has 5 rings (SSSR count). The van der Waals surface area contributed by atoms with Gasteiger partial charge in [0.15, 0.2) is 0 Å². The van der Waals surface area contributed by atoms with Gasteiger partial charge in [-0.2, -0.15) is 5.10 Å². The van der Waals surface area contributed by atoms with Crippen molar-refractivity contribution in [2.75, 3.05) is 24.5 Å². The van der Waals surface area contributed by atoms with Crippen LogP contribution in [0, 0.1) is 0 Å². The van der Waals surface area contributed by atoms with E-state index in [2.05, 4.69) is 10.4 Å². The summed E-state index contributed by atoms with van der Waals surface area (Å²) < 4.78 is 1.68. The van der Waals surface area contributed by atoms with E-state index in [0.717, 1.165) is 42.9 Å². The third-order valence-corrected chi connectivity index (χ3v) is 7.50. The molecular formula is C28H31ClN6O3. The van der Waals surface area contributed by atoms with Gasteiger partial charge in [0, 0.05) is 50.3 Å². The largest absolute Gasteiger partial charge is 0.341 e. The molecule has 0 aliphatic carbocycles. The number of urea groups is 1. The Hall–Kier alpha value is -3.85. The van der Waals surface area contributed by atoms with Crippen LogP contribution in [0.15, 0.2) is 60.9 Å². The molecule has 1 saturated heterocycles. The Morgan fingerprint density at radius 3 is 2.55 bits per heavy atom. The molecule has 1 fully saturated rings. The minimum atomic E-state index is -0.629. The summed E-state index contributed by atoms with van der Waals surface area (Å²) >= 11 is 6.59. The topological polar surface area (TPSA) is 90.8 Å². The second kappa shape index (κ2) is 10.9.